The maximum Gasteiger partial charge on any atom is 0.303 e. The van der Waals surface area contributed by atoms with Gasteiger partial charge in [-0.2, -0.15) is 0 Å². The Balaban J connectivity index is 4.46. The summed E-state index contributed by atoms with van der Waals surface area (Å²) in [6, 6.07) is 0. The Labute approximate surface area is 93.7 Å². The summed E-state index contributed by atoms with van der Waals surface area (Å²) in [6.07, 6.45) is -0.399. The highest BCUT2D eigenvalue weighted by Crippen LogP contribution is 2.44. The third-order valence-corrected chi connectivity index (χ3v) is 4.28. The Hall–Kier alpha value is -0.870. The number of hydrogen-bond donors (Lipinski definition) is 3. The van der Waals surface area contributed by atoms with Gasteiger partial charge in [0.2, 0.25) is 7.37 Å². The van der Waals surface area contributed by atoms with Crippen LogP contribution in [0.2, 0.25) is 0 Å². The predicted octanol–water partition coefficient (Wildman–Crippen LogP) is 1.23. The first-order valence-corrected chi connectivity index (χ1v) is 7.04. The lowest BCUT2D eigenvalue weighted by Gasteiger charge is -2.16. The molecular formula is C9H17O6P. The lowest BCUT2D eigenvalue weighted by Crippen LogP contribution is -2.17. The highest BCUT2D eigenvalue weighted by molar-refractivity contribution is 7.57. The second-order valence-corrected chi connectivity index (χ2v) is 6.32. The number of carbonyl (C=O) groups is 2. The second-order valence-electron chi connectivity index (χ2n) is 3.81. The van der Waals surface area contributed by atoms with E-state index >= 15 is 0 Å². The Bertz CT molecular complexity index is 284. The van der Waals surface area contributed by atoms with Gasteiger partial charge < -0.3 is 15.1 Å². The van der Waals surface area contributed by atoms with Crippen molar-refractivity contribution < 1.29 is 29.3 Å². The third-order valence-electron chi connectivity index (χ3n) is 2.04. The van der Waals surface area contributed by atoms with E-state index in [1.807, 2.05) is 0 Å². The average Bonchev–Trinajstić information content (AvgIpc) is 1.98. The van der Waals surface area contributed by atoms with Crippen LogP contribution in [0.25, 0.3) is 0 Å². The zero-order valence-corrected chi connectivity index (χ0v) is 10.0. The van der Waals surface area contributed by atoms with Gasteiger partial charge in [-0.3, -0.25) is 14.2 Å². The Morgan fingerprint density at radius 3 is 1.94 bits per heavy atom. The van der Waals surface area contributed by atoms with Gasteiger partial charge in [0.25, 0.3) is 0 Å². The molecule has 0 heterocycles. The summed E-state index contributed by atoms with van der Waals surface area (Å²) in [4.78, 5) is 30.4. The molecule has 0 fully saturated rings. The van der Waals surface area contributed by atoms with Crippen molar-refractivity contribution in [3.8, 4) is 0 Å². The van der Waals surface area contributed by atoms with E-state index < -0.39 is 25.2 Å². The normalized spacial score (nSPS) is 14.7. The van der Waals surface area contributed by atoms with Crippen molar-refractivity contribution >= 4 is 19.3 Å². The quantitative estimate of drug-likeness (QED) is 0.560. The molecule has 0 aromatic heterocycles. The van der Waals surface area contributed by atoms with E-state index in [1.165, 1.54) is 0 Å². The maximum atomic E-state index is 11.6. The Kier molecular flexibility index (Phi) is 6.29. The molecule has 0 spiro atoms. The van der Waals surface area contributed by atoms with Gasteiger partial charge in [-0.25, -0.2) is 0 Å². The molecule has 0 aromatic carbocycles. The van der Waals surface area contributed by atoms with Gasteiger partial charge in [0.15, 0.2) is 0 Å². The fourth-order valence-corrected chi connectivity index (χ4v) is 3.49. The number of carboxylic acid groups (broad SMARTS) is 2. The van der Waals surface area contributed by atoms with Crippen molar-refractivity contribution in [2.75, 3.05) is 12.3 Å². The first-order chi connectivity index (χ1) is 7.26. The van der Waals surface area contributed by atoms with Crippen molar-refractivity contribution in [1.29, 1.82) is 0 Å². The van der Waals surface area contributed by atoms with Gasteiger partial charge in [0.1, 0.15) is 0 Å². The van der Waals surface area contributed by atoms with Crippen LogP contribution in [0.1, 0.15) is 26.2 Å². The molecule has 1 unspecified atom stereocenters. The Morgan fingerprint density at radius 2 is 1.62 bits per heavy atom. The van der Waals surface area contributed by atoms with E-state index in [-0.39, 0.29) is 25.2 Å². The first kappa shape index (κ1) is 15.1. The summed E-state index contributed by atoms with van der Waals surface area (Å²) in [6.45, 7) is 1.74. The van der Waals surface area contributed by atoms with Crippen LogP contribution in [-0.2, 0) is 14.2 Å². The molecule has 16 heavy (non-hydrogen) atoms. The average molecular weight is 252 g/mol. The minimum Gasteiger partial charge on any atom is -0.481 e. The van der Waals surface area contributed by atoms with Crippen LogP contribution in [-0.4, -0.2) is 39.4 Å². The van der Waals surface area contributed by atoms with E-state index in [0.717, 1.165) is 0 Å². The molecule has 0 amide bonds. The first-order valence-electron chi connectivity index (χ1n) is 5.01. The molecule has 0 bridgehead atoms. The van der Waals surface area contributed by atoms with Crippen molar-refractivity contribution in [3.63, 3.8) is 0 Å². The maximum absolute atomic E-state index is 11.6. The summed E-state index contributed by atoms with van der Waals surface area (Å²) >= 11 is 0. The fraction of sp³-hybridized carbons (Fsp3) is 0.778. The SMILES string of the molecule is CCCP(=O)(O)CC(CC(=O)O)CC(=O)O. The van der Waals surface area contributed by atoms with E-state index in [9.17, 15) is 19.0 Å². The van der Waals surface area contributed by atoms with Gasteiger partial charge >= 0.3 is 11.9 Å². The van der Waals surface area contributed by atoms with Crippen molar-refractivity contribution in [2.45, 2.75) is 26.2 Å². The molecule has 1 atom stereocenters. The van der Waals surface area contributed by atoms with Crippen LogP contribution in [0.4, 0.5) is 0 Å². The number of aliphatic carboxylic acids is 2. The lowest BCUT2D eigenvalue weighted by molar-refractivity contribution is -0.140. The molecule has 0 rings (SSSR count). The van der Waals surface area contributed by atoms with Crippen molar-refractivity contribution in [1.82, 2.24) is 0 Å². The van der Waals surface area contributed by atoms with E-state index in [4.69, 9.17) is 10.2 Å². The predicted molar refractivity (Wildman–Crippen MR) is 57.8 cm³/mol. The van der Waals surface area contributed by atoms with Gasteiger partial charge in [-0.05, 0) is 12.3 Å². The summed E-state index contributed by atoms with van der Waals surface area (Å²) in [7, 11) is -3.39. The molecule has 94 valence electrons. The topological polar surface area (TPSA) is 112 Å². The summed E-state index contributed by atoms with van der Waals surface area (Å²) in [5.41, 5.74) is 0. The van der Waals surface area contributed by atoms with E-state index in [1.54, 1.807) is 6.92 Å². The molecule has 3 N–H and O–H groups in total. The molecule has 0 saturated heterocycles. The zero-order valence-electron chi connectivity index (χ0n) is 9.13. The molecule has 0 radical (unpaired) electrons. The molecule has 0 saturated carbocycles. The van der Waals surface area contributed by atoms with E-state index in [2.05, 4.69) is 0 Å². The highest BCUT2D eigenvalue weighted by atomic mass is 31.2. The minimum absolute atomic E-state index is 0.0999. The molecule has 6 nitrogen and oxygen atoms in total. The zero-order chi connectivity index (χ0) is 12.8. The standard InChI is InChI=1S/C9H17O6P/c1-2-3-16(14,15)6-7(4-8(10)11)5-9(12)13/h7H,2-6H2,1H3,(H,10,11)(H,12,13)(H,14,15). The third kappa shape index (κ3) is 7.43. The van der Waals surface area contributed by atoms with Gasteiger partial charge in [-0.15, -0.1) is 0 Å². The lowest BCUT2D eigenvalue weighted by atomic mass is 10.0. The van der Waals surface area contributed by atoms with Crippen LogP contribution < -0.4 is 0 Å². The van der Waals surface area contributed by atoms with Crippen molar-refractivity contribution in [2.24, 2.45) is 5.92 Å². The molecule has 0 aliphatic rings. The molecule has 0 aliphatic heterocycles. The molecule has 0 aliphatic carbocycles. The number of carboxylic acids is 2. The summed E-state index contributed by atoms with van der Waals surface area (Å²) in [5, 5.41) is 17.1. The molecular weight excluding hydrogens is 235 g/mol. The van der Waals surface area contributed by atoms with Gasteiger partial charge in [-0.1, -0.05) is 6.92 Å². The number of rotatable bonds is 8. The van der Waals surface area contributed by atoms with Gasteiger partial charge in [0.05, 0.1) is 0 Å². The van der Waals surface area contributed by atoms with Crippen LogP contribution in [0.5, 0.6) is 0 Å². The van der Waals surface area contributed by atoms with E-state index in [0.29, 0.717) is 6.42 Å². The van der Waals surface area contributed by atoms with Crippen molar-refractivity contribution in [3.05, 3.63) is 0 Å². The smallest absolute Gasteiger partial charge is 0.303 e. The van der Waals surface area contributed by atoms with Crippen LogP contribution in [0, 0.1) is 5.92 Å². The minimum atomic E-state index is -3.39. The second kappa shape index (κ2) is 6.66. The molecule has 0 aromatic rings. The largest absolute Gasteiger partial charge is 0.481 e. The monoisotopic (exact) mass is 252 g/mol. The van der Waals surface area contributed by atoms with Gasteiger partial charge in [0, 0.05) is 25.2 Å². The summed E-state index contributed by atoms with van der Waals surface area (Å²) in [5.74, 6) is -3.08. The van der Waals surface area contributed by atoms with Crippen LogP contribution in [0.15, 0.2) is 0 Å². The summed E-state index contributed by atoms with van der Waals surface area (Å²) < 4.78 is 11.6. The molecule has 7 heteroatoms. The Morgan fingerprint density at radius 1 is 1.19 bits per heavy atom. The number of hydrogen-bond acceptors (Lipinski definition) is 3. The van der Waals surface area contributed by atoms with Crippen LogP contribution >= 0.6 is 7.37 Å². The fourth-order valence-electron chi connectivity index (χ4n) is 1.54. The van der Waals surface area contributed by atoms with Crippen LogP contribution in [0.3, 0.4) is 0 Å². The highest BCUT2D eigenvalue weighted by Gasteiger charge is 2.26.